The van der Waals surface area contributed by atoms with Gasteiger partial charge in [-0.25, -0.2) is 4.21 Å². The fourth-order valence-electron chi connectivity index (χ4n) is 1.08. The van der Waals surface area contributed by atoms with Gasteiger partial charge in [0.05, 0.1) is 4.90 Å². The van der Waals surface area contributed by atoms with E-state index < -0.39 is 23.1 Å². The van der Waals surface area contributed by atoms with Gasteiger partial charge in [0, 0.05) is 0 Å². The van der Waals surface area contributed by atoms with Crippen LogP contribution < -0.4 is 5.73 Å². The largest absolute Gasteiger partial charge is 0.480 e. The molecule has 15 heavy (non-hydrogen) atoms. The van der Waals surface area contributed by atoms with Crippen molar-refractivity contribution in [2.45, 2.75) is 17.4 Å². The summed E-state index contributed by atoms with van der Waals surface area (Å²) in [5.74, 6) is -1.06. The first-order valence-corrected chi connectivity index (χ1v) is 5.29. The van der Waals surface area contributed by atoms with Crippen LogP contribution in [0.1, 0.15) is 5.56 Å². The molecule has 1 aromatic carbocycles. The number of carbonyl (C=O) groups is 1. The molecule has 0 aliphatic heterocycles. The van der Waals surface area contributed by atoms with Gasteiger partial charge in [-0.1, -0.05) is 12.1 Å². The molecule has 1 rings (SSSR count). The molecule has 2 atom stereocenters. The summed E-state index contributed by atoms with van der Waals surface area (Å²) < 4.78 is 19.4. The van der Waals surface area contributed by atoms with Crippen LogP contribution in [0, 0.1) is 0 Å². The zero-order chi connectivity index (χ0) is 11.4. The summed E-state index contributed by atoms with van der Waals surface area (Å²) in [6.45, 7) is 0. The van der Waals surface area contributed by atoms with Crippen LogP contribution in [0.15, 0.2) is 29.2 Å². The second-order valence-electron chi connectivity index (χ2n) is 3.04. The zero-order valence-corrected chi connectivity index (χ0v) is 8.61. The molecule has 0 amide bonds. The Balaban J connectivity index is 2.72. The van der Waals surface area contributed by atoms with E-state index in [9.17, 15) is 9.00 Å². The maximum atomic E-state index is 10.6. The molecule has 0 aliphatic carbocycles. The summed E-state index contributed by atoms with van der Waals surface area (Å²) in [6, 6.07) is 5.17. The minimum absolute atomic E-state index is 0.202. The van der Waals surface area contributed by atoms with Crippen molar-refractivity contribution >= 4 is 17.0 Å². The second-order valence-corrected chi connectivity index (χ2v) is 4.01. The molecule has 0 radical (unpaired) electrons. The van der Waals surface area contributed by atoms with Crippen LogP contribution in [0.4, 0.5) is 0 Å². The molecule has 0 heterocycles. The number of carboxylic acid groups (broad SMARTS) is 1. The van der Waals surface area contributed by atoms with Gasteiger partial charge in [0.15, 0.2) is 11.1 Å². The van der Waals surface area contributed by atoms with Crippen molar-refractivity contribution < 1.29 is 18.7 Å². The molecule has 0 aromatic heterocycles. The Kier molecular flexibility index (Phi) is 3.96. The minimum atomic E-state index is -2.01. The Morgan fingerprint density at radius 1 is 1.40 bits per heavy atom. The van der Waals surface area contributed by atoms with Crippen molar-refractivity contribution in [2.24, 2.45) is 5.73 Å². The van der Waals surface area contributed by atoms with Gasteiger partial charge in [0.1, 0.15) is 6.04 Å². The second kappa shape index (κ2) is 5.01. The highest BCUT2D eigenvalue weighted by atomic mass is 32.2. The molecule has 4 N–H and O–H groups in total. The normalized spacial score (nSPS) is 14.5. The topological polar surface area (TPSA) is 101 Å². The molecular weight excluding hydrogens is 218 g/mol. The summed E-state index contributed by atoms with van der Waals surface area (Å²) in [7, 11) is 0. The number of carboxylic acids is 1. The van der Waals surface area contributed by atoms with Gasteiger partial charge in [-0.15, -0.1) is 0 Å². The molecule has 0 saturated heterocycles. The monoisotopic (exact) mass is 229 g/mol. The number of aliphatic carboxylic acids is 1. The lowest BCUT2D eigenvalue weighted by molar-refractivity contribution is -0.138. The lowest BCUT2D eigenvalue weighted by Crippen LogP contribution is -2.32. The summed E-state index contributed by atoms with van der Waals surface area (Å²) in [4.78, 5) is 10.7. The van der Waals surface area contributed by atoms with E-state index in [1.807, 2.05) is 0 Å². The van der Waals surface area contributed by atoms with E-state index in [1.54, 1.807) is 12.1 Å². The predicted octanol–water partition coefficient (Wildman–Crippen LogP) is 0.222. The van der Waals surface area contributed by atoms with E-state index >= 15 is 0 Å². The fourth-order valence-corrected chi connectivity index (χ4v) is 1.45. The third-order valence-corrected chi connectivity index (χ3v) is 2.57. The van der Waals surface area contributed by atoms with Gasteiger partial charge in [0.25, 0.3) is 0 Å². The Bertz CT molecular complexity index is 376. The third-order valence-electron chi connectivity index (χ3n) is 1.90. The molecular formula is C9H11NO4S. The van der Waals surface area contributed by atoms with Gasteiger partial charge in [0.2, 0.25) is 0 Å². The number of rotatable bonds is 4. The molecule has 1 aromatic rings. The highest BCUT2D eigenvalue weighted by Gasteiger charge is 2.11. The lowest BCUT2D eigenvalue weighted by atomic mass is 10.1. The fraction of sp³-hybridized carbons (Fsp3) is 0.222. The van der Waals surface area contributed by atoms with Crippen LogP contribution >= 0.6 is 0 Å². The standard InChI is InChI=1S/C9H11NO4S/c10-8(9(11)12)5-6-1-3-7(4-2-6)15(13)14/h1-4,8H,5,10H2,(H,11,12)(H,13,14)/t8-/m0/s1. The first-order chi connectivity index (χ1) is 7.00. The smallest absolute Gasteiger partial charge is 0.320 e. The minimum Gasteiger partial charge on any atom is -0.480 e. The van der Waals surface area contributed by atoms with Gasteiger partial charge in [-0.3, -0.25) is 4.79 Å². The highest BCUT2D eigenvalue weighted by Crippen LogP contribution is 2.08. The van der Waals surface area contributed by atoms with Crippen LogP contribution in [0.25, 0.3) is 0 Å². The quantitative estimate of drug-likeness (QED) is 0.641. The molecule has 0 spiro atoms. The molecule has 0 fully saturated rings. The SMILES string of the molecule is N[C@@H](Cc1ccc(S(=O)O)cc1)C(=O)O. The van der Waals surface area contributed by atoms with E-state index in [2.05, 4.69) is 0 Å². The van der Waals surface area contributed by atoms with Gasteiger partial charge in [-0.05, 0) is 24.1 Å². The Morgan fingerprint density at radius 3 is 2.33 bits per heavy atom. The average molecular weight is 229 g/mol. The summed E-state index contributed by atoms with van der Waals surface area (Å²) in [5.41, 5.74) is 6.06. The number of hydrogen-bond donors (Lipinski definition) is 3. The Morgan fingerprint density at radius 2 is 1.93 bits per heavy atom. The van der Waals surface area contributed by atoms with Gasteiger partial charge in [-0.2, -0.15) is 0 Å². The first kappa shape index (κ1) is 11.8. The van der Waals surface area contributed by atoms with Crippen molar-refractivity contribution in [3.63, 3.8) is 0 Å². The Labute approximate surface area is 89.2 Å². The molecule has 0 bridgehead atoms. The van der Waals surface area contributed by atoms with Crippen molar-refractivity contribution in [2.75, 3.05) is 0 Å². The van der Waals surface area contributed by atoms with E-state index in [1.165, 1.54) is 12.1 Å². The zero-order valence-electron chi connectivity index (χ0n) is 7.79. The van der Waals surface area contributed by atoms with Crippen molar-refractivity contribution in [3.8, 4) is 0 Å². The van der Waals surface area contributed by atoms with Gasteiger partial charge < -0.3 is 15.4 Å². The molecule has 5 nitrogen and oxygen atoms in total. The number of nitrogens with two attached hydrogens (primary N) is 1. The molecule has 0 aliphatic rings. The van der Waals surface area contributed by atoms with Gasteiger partial charge >= 0.3 is 5.97 Å². The highest BCUT2D eigenvalue weighted by molar-refractivity contribution is 7.79. The maximum absolute atomic E-state index is 10.6. The predicted molar refractivity (Wildman–Crippen MR) is 54.8 cm³/mol. The van der Waals surface area contributed by atoms with Crippen LogP contribution in [-0.2, 0) is 22.3 Å². The summed E-state index contributed by atoms with van der Waals surface area (Å²) in [6.07, 6.45) is 0.202. The van der Waals surface area contributed by atoms with Crippen molar-refractivity contribution in [1.29, 1.82) is 0 Å². The molecule has 1 unspecified atom stereocenters. The molecule has 82 valence electrons. The van der Waals surface area contributed by atoms with Crippen LogP contribution in [-0.4, -0.2) is 25.9 Å². The number of hydrogen-bond acceptors (Lipinski definition) is 3. The number of benzene rings is 1. The molecule has 6 heteroatoms. The summed E-state index contributed by atoms with van der Waals surface area (Å²) >= 11 is -2.01. The van der Waals surface area contributed by atoms with E-state index in [0.29, 0.717) is 0 Å². The molecule has 0 saturated carbocycles. The van der Waals surface area contributed by atoms with Crippen LogP contribution in [0.3, 0.4) is 0 Å². The van der Waals surface area contributed by atoms with Crippen molar-refractivity contribution in [3.05, 3.63) is 29.8 Å². The van der Waals surface area contributed by atoms with Crippen molar-refractivity contribution in [1.82, 2.24) is 0 Å². The van der Waals surface area contributed by atoms with E-state index in [4.69, 9.17) is 15.4 Å². The third kappa shape index (κ3) is 3.43. The van der Waals surface area contributed by atoms with E-state index in [-0.39, 0.29) is 11.3 Å². The lowest BCUT2D eigenvalue weighted by Gasteiger charge is -2.06. The van der Waals surface area contributed by atoms with Crippen LogP contribution in [0.2, 0.25) is 0 Å². The van der Waals surface area contributed by atoms with Crippen LogP contribution in [0.5, 0.6) is 0 Å². The Hall–Kier alpha value is -1.24. The average Bonchev–Trinajstić information content (AvgIpc) is 2.18. The summed E-state index contributed by atoms with van der Waals surface area (Å²) in [5, 5.41) is 8.57. The maximum Gasteiger partial charge on any atom is 0.320 e. The first-order valence-electron chi connectivity index (χ1n) is 4.19. The van der Waals surface area contributed by atoms with E-state index in [0.717, 1.165) is 5.56 Å².